The van der Waals surface area contributed by atoms with Gasteiger partial charge in [0.15, 0.2) is 26.2 Å². The molecule has 7 aromatic rings. The first-order valence-electron chi connectivity index (χ1n) is 22.9. The second-order valence-corrected chi connectivity index (χ2v) is 41.8. The van der Waals surface area contributed by atoms with E-state index in [0.29, 0.717) is 23.9 Å². The fraction of sp³-hybridized carbons (Fsp3) is 0. The van der Waals surface area contributed by atoms with E-state index in [4.69, 9.17) is 0 Å². The van der Waals surface area contributed by atoms with Crippen LogP contribution in [0.25, 0.3) is 22.3 Å². The van der Waals surface area contributed by atoms with Crippen molar-refractivity contribution in [3.8, 4) is 51.0 Å². The van der Waals surface area contributed by atoms with E-state index in [9.17, 15) is 132 Å². The quantitative estimate of drug-likeness (QED) is 0.0494. The lowest BCUT2D eigenvalue weighted by molar-refractivity contribution is -0.254. The second kappa shape index (κ2) is 17.2. The molecule has 0 aliphatic carbocycles. The van der Waals surface area contributed by atoms with Crippen LogP contribution in [-0.4, -0.2) is 11.1 Å². The van der Waals surface area contributed by atoms with Crippen molar-refractivity contribution in [3.63, 3.8) is 0 Å². The highest BCUT2D eigenvalue weighted by Crippen LogP contribution is 3.10. The summed E-state index contributed by atoms with van der Waals surface area (Å²) in [6.45, 7) is 0. The van der Waals surface area contributed by atoms with Crippen molar-refractivity contribution in [1.29, 1.82) is 0 Å². The number of phenols is 1. The maximum absolute atomic E-state index is 15.7. The molecular formula is C43H22F40O5S10. The molecule has 1 N–H and O–H groups in total. The highest BCUT2D eigenvalue weighted by Gasteiger charge is 2.75. The fourth-order valence-corrected chi connectivity index (χ4v) is 16.3. The Labute approximate surface area is 525 Å². The molecule has 0 unspecified atom stereocenters. The molecule has 55 heteroatoms. The molecule has 564 valence electrons. The van der Waals surface area contributed by atoms with E-state index in [2.05, 4.69) is 9.47 Å². The van der Waals surface area contributed by atoms with Crippen molar-refractivity contribution in [1.82, 2.24) is 0 Å². The van der Waals surface area contributed by atoms with Crippen molar-refractivity contribution in [2.75, 3.05) is 0 Å². The predicted octanol–water partition coefficient (Wildman–Crippen LogP) is 31.3. The first-order valence-corrected chi connectivity index (χ1v) is 40.3. The molecule has 7 rings (SSSR count). The SMILES string of the molecule is O=C([O-])c1c(-c2cc(S(F)(F)(F)(F)F)cc(S(F)(F)(F)(F)F)c2)c(O)c(Oc2cc(S(F)(F)(F)(F)F)cc(S(F)(F)(F)(F)F)c2)c(Oc2cc(S(F)(F)(F)(F)F)cc(S(F)(F)(F)(F)F)c2)c1-c1cc(S(F)(F)(F)(F)F)cc(S(F)(F)(F)(F)F)c1[SH+]c1ccc(Sc2ccccc2)cc1. The summed E-state index contributed by atoms with van der Waals surface area (Å²) in [7, 11) is -101. The molecular weight excluding hydrogens is 1680 g/mol. The first-order chi connectivity index (χ1) is 41.3. The predicted molar refractivity (Wildman–Crippen MR) is 290 cm³/mol. The van der Waals surface area contributed by atoms with E-state index in [1.807, 2.05) is 0 Å². The van der Waals surface area contributed by atoms with Crippen LogP contribution in [0.15, 0.2) is 180 Å². The van der Waals surface area contributed by atoms with Gasteiger partial charge in [-0.25, -0.2) is 0 Å². The zero-order valence-corrected chi connectivity index (χ0v) is 52.6. The van der Waals surface area contributed by atoms with Crippen LogP contribution in [0.2, 0.25) is 0 Å². The minimum Gasteiger partial charge on any atom is -0.545 e. The summed E-state index contributed by atoms with van der Waals surface area (Å²) in [6.07, 6.45) is 0. The van der Waals surface area contributed by atoms with Gasteiger partial charge in [-0.05, 0) is 84.4 Å². The smallest absolute Gasteiger partial charge is 0.315 e. The first kappa shape index (κ1) is 79.4. The van der Waals surface area contributed by atoms with Crippen LogP contribution in [0, 0.1) is 0 Å². The van der Waals surface area contributed by atoms with Gasteiger partial charge in [0.25, 0.3) is 0 Å². The third-order valence-electron chi connectivity index (χ3n) is 11.8. The molecule has 0 aliphatic rings. The number of halogens is 40. The van der Waals surface area contributed by atoms with Crippen molar-refractivity contribution < 1.29 is 180 Å². The molecule has 0 bridgehead atoms. The number of carboxylic acids is 1. The maximum atomic E-state index is 15.7. The number of aromatic hydroxyl groups is 1. The molecule has 0 atom stereocenters. The van der Waals surface area contributed by atoms with E-state index in [1.165, 1.54) is 30.3 Å². The molecule has 5 nitrogen and oxygen atoms in total. The Kier molecular flexibility index (Phi) is 14.0. The van der Waals surface area contributed by atoms with Gasteiger partial charge >= 0.3 is 81.8 Å². The van der Waals surface area contributed by atoms with Gasteiger partial charge in [0.2, 0.25) is 5.75 Å². The van der Waals surface area contributed by atoms with Gasteiger partial charge in [-0.3, -0.25) is 0 Å². The molecule has 0 spiro atoms. The average Bonchev–Trinajstić information content (AvgIpc) is 0.691. The number of hydrogen-bond donors (Lipinski definition) is 1. The molecule has 0 amide bonds. The normalized spacial score (nSPS) is 19.3. The molecule has 0 fully saturated rings. The van der Waals surface area contributed by atoms with Gasteiger partial charge in [0.05, 0.1) is 5.97 Å². The van der Waals surface area contributed by atoms with Gasteiger partial charge in [-0.2, -0.15) is 0 Å². The topological polar surface area (TPSA) is 78.8 Å². The third-order valence-corrected chi connectivity index (χ3v) is 23.3. The number of ether oxygens (including phenoxy) is 2. The number of aromatic carboxylic acids is 1. The summed E-state index contributed by atoms with van der Waals surface area (Å²) in [5.41, 5.74) is -19.2. The van der Waals surface area contributed by atoms with Crippen LogP contribution in [0.4, 0.5) is 155 Å². The molecule has 0 aliphatic heterocycles. The summed E-state index contributed by atoms with van der Waals surface area (Å²) in [5.74, 6) is -23.8. The van der Waals surface area contributed by atoms with Gasteiger partial charge < -0.3 is 24.5 Å². The third kappa shape index (κ3) is 18.6. The minimum atomic E-state index is -13.0. The lowest BCUT2D eigenvalue weighted by atomic mass is 9.89. The number of benzene rings is 7. The Bertz CT molecular complexity index is 4540. The monoisotopic (exact) mass is 1700 g/mol. The van der Waals surface area contributed by atoms with Gasteiger partial charge in [-0.1, -0.05) is 185 Å². The van der Waals surface area contributed by atoms with Crippen LogP contribution in [-0.2, 0) is 11.8 Å². The largest absolute Gasteiger partial charge is 0.545 e. The second-order valence-electron chi connectivity index (χ2n) is 20.2. The van der Waals surface area contributed by atoms with Crippen molar-refractivity contribution in [3.05, 3.63) is 127 Å². The number of hydrogen-bond acceptors (Lipinski definition) is 6. The summed E-state index contributed by atoms with van der Waals surface area (Å²) in [4.78, 5) is -29.1. The molecule has 0 aromatic heterocycles. The summed E-state index contributed by atoms with van der Waals surface area (Å²) in [5, 5.41) is 25.4. The van der Waals surface area contributed by atoms with Crippen LogP contribution in [0.1, 0.15) is 10.4 Å². The number of phenolic OH excluding ortho intramolecular Hbond substituents is 1. The Morgan fingerprint density at radius 3 is 0.980 bits per heavy atom. The number of carboxylic acid groups (broad SMARTS) is 1. The van der Waals surface area contributed by atoms with E-state index >= 15 is 38.9 Å². The highest BCUT2D eigenvalue weighted by atomic mass is 32.5. The van der Waals surface area contributed by atoms with Crippen molar-refractivity contribution in [2.24, 2.45) is 0 Å². The van der Waals surface area contributed by atoms with Gasteiger partial charge in [0.1, 0.15) is 45.8 Å². The fourth-order valence-electron chi connectivity index (χ4n) is 7.87. The van der Waals surface area contributed by atoms with Crippen molar-refractivity contribution >= 4 is 111 Å². The lowest BCUT2D eigenvalue weighted by Crippen LogP contribution is -2.25. The Morgan fingerprint density at radius 2 is 0.663 bits per heavy atom. The molecule has 0 saturated heterocycles. The zero-order chi connectivity index (χ0) is 76.5. The van der Waals surface area contributed by atoms with Gasteiger partial charge in [-0.15, -0.1) is 0 Å². The molecule has 0 heterocycles. The van der Waals surface area contributed by atoms with Crippen LogP contribution in [0.5, 0.6) is 28.7 Å². The standard InChI is InChI=1S/C43H22F40O5S10/c44-91(45,46,47,48)27-10-21(11-28(16-27)92(49,50,51,52)53)36-38(43(85)86)37(34-19-33(97(74,75,76,77)78)20-35(98(79,80,81,82)83)42(34)90-26-8-6-25(7-9-26)89-24-4-2-1-3-5-24)40(87-22-12-29(93(54,55,56,57)58)17-30(13-22)94(59,60,61,62)63)41(39(36)84)88-23-14-31(95(64,65,66,67)68)18-32(15-23)96(69,70,71,72)73/h1-20,84H,(H,85,86). The van der Waals surface area contributed by atoms with Gasteiger partial charge in [0, 0.05) is 68.1 Å². The Morgan fingerprint density at radius 1 is 0.357 bits per heavy atom. The van der Waals surface area contributed by atoms with E-state index in [1.54, 1.807) is 0 Å². The number of rotatable bonds is 19. The van der Waals surface area contributed by atoms with Crippen molar-refractivity contribution in [2.45, 2.75) is 58.7 Å². The number of carbonyl (C=O) groups excluding carboxylic acids is 1. The average molecular weight is 1700 g/mol. The molecule has 0 radical (unpaired) electrons. The number of thiol groups is 1. The van der Waals surface area contributed by atoms with Crippen LogP contribution >= 0.6 is 93.6 Å². The zero-order valence-electron chi connectivity index (χ0n) is 44.4. The van der Waals surface area contributed by atoms with Crippen LogP contribution in [0.3, 0.4) is 0 Å². The van der Waals surface area contributed by atoms with E-state index in [-0.39, 0.29) is 21.9 Å². The number of carbonyl (C=O) groups is 1. The molecule has 98 heavy (non-hydrogen) atoms. The van der Waals surface area contributed by atoms with E-state index < -0.39 is 272 Å². The van der Waals surface area contributed by atoms with E-state index in [0.717, 1.165) is 0 Å². The maximum Gasteiger partial charge on any atom is 0.315 e. The molecule has 0 saturated carbocycles. The summed E-state index contributed by atoms with van der Waals surface area (Å²) < 4.78 is 599. The minimum absolute atomic E-state index is 0.126. The summed E-state index contributed by atoms with van der Waals surface area (Å²) in [6, 6.07) is -16.1. The van der Waals surface area contributed by atoms with Crippen LogP contribution < -0.4 is 14.6 Å². The summed E-state index contributed by atoms with van der Waals surface area (Å²) >= 11 is -1.84. The Balaban J connectivity index is 1.97. The lowest BCUT2D eigenvalue weighted by Gasteiger charge is -2.44. The molecule has 7 aromatic carbocycles. The Hall–Kier alpha value is -5.89. The highest BCUT2D eigenvalue weighted by molar-refractivity contribution is 8.48.